The maximum atomic E-state index is 14.4. The number of nitrogens with zero attached hydrogens (tertiary/aromatic N) is 3. The lowest BCUT2D eigenvalue weighted by molar-refractivity contribution is -0.145. The zero-order valence-electron chi connectivity index (χ0n) is 46.8. The van der Waals surface area contributed by atoms with Crippen LogP contribution in [-0.2, 0) is 68.7 Å². The molecule has 12 amide bonds. The number of nitrogens with one attached hydrogen (secondary N) is 8. The first-order valence-electron chi connectivity index (χ1n) is 27.4. The molecular formula is C53H81N13O15. The zero-order chi connectivity index (χ0) is 60.2. The van der Waals surface area contributed by atoms with Crippen LogP contribution < -0.4 is 54.0 Å². The molecule has 3 heterocycles. The standard InChI is InChI=1S/C53H81N13O15/c1-28(2)21-33(60-50(78)44(31(6)67)63-41(69)25-54)45(73)56-26-42(70)59-34(24-40(55)68)46(74)61-35(22-29(3)4)52(80)66-20-12-16-38(66)48(76)58-30(5)51(79)64-18-11-17-39(64)49(77)62-36(23-32-13-8-7-9-14-32)53(81)65-19-10-15-37(65)47(75)57-27-43(71)72/h7-9,13-14,28-31,33-39,44,67H,10-12,15-27,54H2,1-6H3,(H2,55,68)(H,56,73)(H,57,75)(H,58,76)(H,59,70)(H,60,78)(H,61,74)(H,62,77)(H,63,69)(H,71,72). The molecule has 3 aliphatic heterocycles. The second-order valence-corrected chi connectivity index (χ2v) is 21.5. The summed E-state index contributed by atoms with van der Waals surface area (Å²) in [5, 5.41) is 39.1. The lowest BCUT2D eigenvalue weighted by Gasteiger charge is -2.32. The maximum Gasteiger partial charge on any atom is 0.322 e. The van der Waals surface area contributed by atoms with Crippen molar-refractivity contribution in [2.75, 3.05) is 39.3 Å². The Morgan fingerprint density at radius 3 is 1.58 bits per heavy atom. The number of rotatable bonds is 29. The van der Waals surface area contributed by atoms with Crippen LogP contribution in [0.25, 0.3) is 0 Å². The third kappa shape index (κ3) is 19.8. The van der Waals surface area contributed by atoms with Crippen LogP contribution in [0.3, 0.4) is 0 Å². The van der Waals surface area contributed by atoms with Crippen LogP contribution in [0.15, 0.2) is 30.3 Å². The van der Waals surface area contributed by atoms with Gasteiger partial charge in [0.15, 0.2) is 0 Å². The Morgan fingerprint density at radius 2 is 1.06 bits per heavy atom. The van der Waals surface area contributed by atoms with E-state index in [1.54, 1.807) is 58.0 Å². The number of primary amides is 1. The number of carboxylic acid groups (broad SMARTS) is 1. The molecule has 0 aliphatic carbocycles. The molecule has 1 aromatic carbocycles. The predicted molar refractivity (Wildman–Crippen MR) is 289 cm³/mol. The minimum absolute atomic E-state index is 0.0438. The maximum absolute atomic E-state index is 14.4. The molecule has 10 unspecified atom stereocenters. The number of likely N-dealkylation sites (tertiary alicyclic amines) is 3. The Bertz CT molecular complexity index is 2460. The molecule has 3 aliphatic rings. The van der Waals surface area contributed by atoms with Crippen LogP contribution >= 0.6 is 0 Å². The fraction of sp³-hybridized carbons (Fsp3) is 0.642. The van der Waals surface area contributed by atoms with E-state index >= 15 is 0 Å². The van der Waals surface area contributed by atoms with E-state index < -0.39 is 163 Å². The van der Waals surface area contributed by atoms with Gasteiger partial charge in [-0.3, -0.25) is 62.3 Å². The number of aliphatic hydroxyl groups excluding tert-OH is 1. The summed E-state index contributed by atoms with van der Waals surface area (Å²) in [6.07, 6.45) is 0.0224. The van der Waals surface area contributed by atoms with Gasteiger partial charge in [0.05, 0.1) is 25.6 Å². The molecule has 10 atom stereocenters. The lowest BCUT2D eigenvalue weighted by Crippen LogP contribution is -2.60. The molecule has 0 spiro atoms. The van der Waals surface area contributed by atoms with E-state index in [4.69, 9.17) is 16.6 Å². The Kier molecular flexibility index (Phi) is 25.4. The number of carboxylic acids is 1. The minimum atomic E-state index is -1.64. The number of amides is 12. The molecule has 0 saturated carbocycles. The summed E-state index contributed by atoms with van der Waals surface area (Å²) in [7, 11) is 0. The van der Waals surface area contributed by atoms with Crippen LogP contribution in [0.5, 0.6) is 0 Å². The first kappa shape index (κ1) is 65.8. The lowest BCUT2D eigenvalue weighted by atomic mass is 10.0. The summed E-state index contributed by atoms with van der Waals surface area (Å²) < 4.78 is 0. The highest BCUT2D eigenvalue weighted by molar-refractivity contribution is 6.00. The zero-order valence-corrected chi connectivity index (χ0v) is 46.8. The van der Waals surface area contributed by atoms with Crippen molar-refractivity contribution in [3.8, 4) is 0 Å². The molecule has 0 radical (unpaired) electrons. The van der Waals surface area contributed by atoms with Gasteiger partial charge < -0.3 is 78.9 Å². The highest BCUT2D eigenvalue weighted by atomic mass is 16.4. The van der Waals surface area contributed by atoms with Crippen LogP contribution in [0.2, 0.25) is 0 Å². The topological polar surface area (TPSA) is 420 Å². The van der Waals surface area contributed by atoms with E-state index in [0.29, 0.717) is 24.8 Å². The predicted octanol–water partition coefficient (Wildman–Crippen LogP) is -4.25. The summed E-state index contributed by atoms with van der Waals surface area (Å²) >= 11 is 0. The van der Waals surface area contributed by atoms with E-state index in [2.05, 4.69) is 42.5 Å². The number of carbonyl (C=O) groups excluding carboxylic acids is 12. The number of carbonyl (C=O) groups is 13. The summed E-state index contributed by atoms with van der Waals surface area (Å²) in [5.41, 5.74) is 11.5. The van der Waals surface area contributed by atoms with Crippen molar-refractivity contribution in [1.29, 1.82) is 0 Å². The van der Waals surface area contributed by atoms with Crippen molar-refractivity contribution >= 4 is 76.9 Å². The quantitative estimate of drug-likeness (QED) is 0.0362. The van der Waals surface area contributed by atoms with Crippen molar-refractivity contribution in [3.63, 3.8) is 0 Å². The molecule has 3 fully saturated rings. The Labute approximate surface area is 470 Å². The minimum Gasteiger partial charge on any atom is -0.480 e. The highest BCUT2D eigenvalue weighted by Crippen LogP contribution is 2.24. The number of hydrogen-bond donors (Lipinski definition) is 12. The molecule has 14 N–H and O–H groups in total. The Morgan fingerprint density at radius 1 is 0.556 bits per heavy atom. The van der Waals surface area contributed by atoms with E-state index in [0.717, 1.165) is 0 Å². The van der Waals surface area contributed by atoms with Gasteiger partial charge in [-0.2, -0.15) is 0 Å². The first-order chi connectivity index (χ1) is 38.2. The van der Waals surface area contributed by atoms with E-state index in [1.807, 2.05) is 0 Å². The van der Waals surface area contributed by atoms with Crippen molar-refractivity contribution in [2.24, 2.45) is 23.3 Å². The molecular weight excluding hydrogens is 1060 g/mol. The average Bonchev–Trinajstić information content (AvgIpc) is 4.33. The molecule has 0 bridgehead atoms. The number of benzene rings is 1. The molecule has 0 aromatic heterocycles. The second-order valence-electron chi connectivity index (χ2n) is 21.5. The van der Waals surface area contributed by atoms with Crippen molar-refractivity contribution in [1.82, 2.24) is 57.2 Å². The molecule has 28 heteroatoms. The van der Waals surface area contributed by atoms with Crippen LogP contribution in [0.4, 0.5) is 0 Å². The fourth-order valence-corrected chi connectivity index (χ4v) is 10.0. The van der Waals surface area contributed by atoms with Crippen molar-refractivity contribution in [2.45, 2.75) is 166 Å². The molecule has 28 nitrogen and oxygen atoms in total. The van der Waals surface area contributed by atoms with E-state index in [9.17, 15) is 67.4 Å². The normalized spacial score (nSPS) is 19.4. The number of aliphatic carboxylic acids is 1. The average molecular weight is 1140 g/mol. The van der Waals surface area contributed by atoms with Gasteiger partial charge >= 0.3 is 5.97 Å². The molecule has 4 rings (SSSR count). The van der Waals surface area contributed by atoms with Crippen molar-refractivity contribution in [3.05, 3.63) is 35.9 Å². The van der Waals surface area contributed by atoms with Gasteiger partial charge in [-0.05, 0) is 82.6 Å². The molecule has 3 saturated heterocycles. The highest BCUT2D eigenvalue weighted by Gasteiger charge is 2.44. The SMILES string of the molecule is CC(C)CC(NC(=O)C(NC(=O)CN)C(C)O)C(=O)NCC(=O)NC(CC(N)=O)C(=O)NC(CC(C)C)C(=O)N1CCCC1C(=O)NC(C)C(=O)N1CCCC1C(=O)NC(Cc1ccccc1)C(=O)N1CCCC1C(=O)NCC(=O)O. The summed E-state index contributed by atoms with van der Waals surface area (Å²) in [6, 6.07) is -2.25. The van der Waals surface area contributed by atoms with Gasteiger partial charge in [-0.1, -0.05) is 58.0 Å². The van der Waals surface area contributed by atoms with Gasteiger partial charge in [0.1, 0.15) is 60.9 Å². The van der Waals surface area contributed by atoms with E-state index in [-0.39, 0.29) is 70.0 Å². The number of aliphatic hydroxyl groups is 1. The van der Waals surface area contributed by atoms with Crippen LogP contribution in [-0.4, -0.2) is 202 Å². The number of nitrogens with two attached hydrogens (primary N) is 2. The summed E-state index contributed by atoms with van der Waals surface area (Å²) in [6.45, 7) is 8.32. The third-order valence-electron chi connectivity index (χ3n) is 14.0. The Balaban J connectivity index is 1.41. The third-order valence-corrected chi connectivity index (χ3v) is 14.0. The molecule has 81 heavy (non-hydrogen) atoms. The van der Waals surface area contributed by atoms with Gasteiger partial charge in [-0.15, -0.1) is 0 Å². The fourth-order valence-electron chi connectivity index (χ4n) is 10.0. The smallest absolute Gasteiger partial charge is 0.322 e. The van der Waals surface area contributed by atoms with Crippen molar-refractivity contribution < 1.29 is 72.5 Å². The second kappa shape index (κ2) is 31.3. The first-order valence-corrected chi connectivity index (χ1v) is 27.4. The summed E-state index contributed by atoms with van der Waals surface area (Å²) in [5.74, 6) is -10.8. The number of hydrogen-bond acceptors (Lipinski definition) is 15. The summed E-state index contributed by atoms with van der Waals surface area (Å²) in [4.78, 5) is 176. The van der Waals surface area contributed by atoms with E-state index in [1.165, 1.54) is 28.5 Å². The van der Waals surface area contributed by atoms with Gasteiger partial charge in [0, 0.05) is 26.1 Å². The Hall–Kier alpha value is -7.75. The largest absolute Gasteiger partial charge is 0.480 e. The van der Waals surface area contributed by atoms with Gasteiger partial charge in [0.2, 0.25) is 70.9 Å². The van der Waals surface area contributed by atoms with Gasteiger partial charge in [0.25, 0.3) is 0 Å². The van der Waals surface area contributed by atoms with Crippen LogP contribution in [0.1, 0.15) is 105 Å². The van der Waals surface area contributed by atoms with Gasteiger partial charge in [-0.25, -0.2) is 0 Å². The monoisotopic (exact) mass is 1140 g/mol. The van der Waals surface area contributed by atoms with Crippen LogP contribution in [0, 0.1) is 11.8 Å². The molecule has 1 aromatic rings. The molecule has 448 valence electrons.